The van der Waals surface area contributed by atoms with E-state index in [2.05, 4.69) is 104 Å². The van der Waals surface area contributed by atoms with Crippen LogP contribution in [0, 0.1) is 51.8 Å². The number of carbonyl (C=O) groups is 6. The van der Waals surface area contributed by atoms with Gasteiger partial charge in [0.2, 0.25) is 0 Å². The number of nitrogens with one attached hydrogen (secondary N) is 2. The highest BCUT2D eigenvalue weighted by Crippen LogP contribution is 2.46. The molecule has 2 fully saturated rings. The number of hydrogen-bond acceptors (Lipinski definition) is 30. The Labute approximate surface area is 735 Å². The van der Waals surface area contributed by atoms with Gasteiger partial charge in [0.1, 0.15) is 59.7 Å². The fraction of sp³-hybridized carbons (Fsp3) is 0.282. The van der Waals surface area contributed by atoms with Crippen LogP contribution in [0.3, 0.4) is 0 Å². The van der Waals surface area contributed by atoms with Gasteiger partial charge in [-0.15, -0.1) is 69.1 Å². The standard InChI is InChI=1S/2C20H19BrFN3O3S.C17H15BrFN3O2S.C7H4BrFO.C6H10O3.C4H5N3S.C4H2N2S.ClH/c2*1-2-28-20(27)16-15-7-11(10-26)9-25(15)18(19-23-5-6-29-19)24-17(16)13-4-3-12(22)8-14(13)21;1-3-24-17(23)13-9(2)21-15(16-20-6-7-25-16)22-14(13)11-5-4-10(19)8-12(11)18;8-7-3-6(9)2-1-5(7)4-10;1-3-9-6(8)4-5(2)7;5-3(6)4-7-1-2-8-4;5-3-4-6-1-2-7-4;/h2*3-6,8,11,17,26H,2,7,9-10H2,1H3;4-8,14H,3H2,1-2H3,(H,21,22);1-4H;3-4H2,1-2H3;1-2H,(H3,5,6);1-2H;1H/t11-,17+;11-,17-;14-;;;;;/m100...../s1. The third kappa shape index (κ3) is 26.1. The van der Waals surface area contributed by atoms with Gasteiger partial charge < -0.3 is 50.0 Å². The van der Waals surface area contributed by atoms with Crippen molar-refractivity contribution in [3.63, 3.8) is 0 Å². The number of aromatic nitrogens is 5. The van der Waals surface area contributed by atoms with E-state index < -0.39 is 42.0 Å². The number of aliphatic hydroxyl groups is 2. The van der Waals surface area contributed by atoms with Crippen molar-refractivity contribution in [2.45, 2.75) is 78.9 Å². The number of aldehydes is 1. The molecule has 5 atom stereocenters. The maximum atomic E-state index is 13.7. The number of nitriles is 1. The van der Waals surface area contributed by atoms with Crippen LogP contribution in [0.2, 0.25) is 0 Å². The predicted molar refractivity (Wildman–Crippen MR) is 459 cm³/mol. The molecular formula is C78H75Br4ClF4N14O12S5. The highest BCUT2D eigenvalue weighted by molar-refractivity contribution is 9.11. The van der Waals surface area contributed by atoms with Crippen molar-refractivity contribution in [3.8, 4) is 6.07 Å². The van der Waals surface area contributed by atoms with Gasteiger partial charge in [-0.3, -0.25) is 34.8 Å². The lowest BCUT2D eigenvalue weighted by atomic mass is 9.94. The minimum Gasteiger partial charge on any atom is -0.466 e. The molecule has 0 amide bonds. The smallest absolute Gasteiger partial charge is 0.338 e. The molecule has 10 heterocycles. The van der Waals surface area contributed by atoms with Crippen LogP contribution < -0.4 is 11.1 Å². The van der Waals surface area contributed by atoms with Crippen molar-refractivity contribution < 1.29 is 75.5 Å². The number of nitrogen functional groups attached to an aromatic ring is 1. The van der Waals surface area contributed by atoms with Crippen LogP contribution in [0.4, 0.5) is 17.6 Å². The van der Waals surface area contributed by atoms with Gasteiger partial charge in [-0.05, 0) is 142 Å². The summed E-state index contributed by atoms with van der Waals surface area (Å²) in [5.74, 6) is -1.54. The van der Waals surface area contributed by atoms with E-state index in [1.807, 2.05) is 32.0 Å². The SMILES string of the molecule is CCOC(=O)C1=C(C)NC(c2nccs2)=N[C@H]1c1ccc(F)cc1Br.CCOC(=O)C1=C2C[C@@H](CO)CN2C(c2nccs2)=N[C@H]1c1ccc(F)cc1Br.CCOC(=O)C1=C2C[C@H](CO)CN2C(c2nccs2)=N[C@H]1c1ccc(F)cc1Br.CCOC(=O)CC(C)=O.Cl.N#Cc1nccs1.N=C(N)c1nccs1.O=Cc1ccc(F)cc1Br. The zero-order chi connectivity index (χ0) is 85.0. The Morgan fingerprint density at radius 3 is 1.30 bits per heavy atom. The fourth-order valence-corrected chi connectivity index (χ4v) is 16.6. The van der Waals surface area contributed by atoms with Gasteiger partial charge >= 0.3 is 23.9 Å². The minimum absolute atomic E-state index is 0. The van der Waals surface area contributed by atoms with Crippen LogP contribution in [-0.4, -0.2) is 157 Å². The van der Waals surface area contributed by atoms with E-state index in [0.717, 1.165) is 21.4 Å². The Balaban J connectivity index is 0.000000203. The van der Waals surface area contributed by atoms with E-state index in [1.165, 1.54) is 118 Å². The average Bonchev–Trinajstić information content (AvgIpc) is 1.55. The van der Waals surface area contributed by atoms with E-state index in [-0.39, 0.29) is 98.6 Å². The van der Waals surface area contributed by atoms with Crippen molar-refractivity contribution in [3.05, 3.63) is 253 Å². The number of amidine groups is 4. The summed E-state index contributed by atoms with van der Waals surface area (Å²) in [6.07, 6.45) is 9.97. The number of aliphatic imine (C=N–C) groups is 3. The van der Waals surface area contributed by atoms with Crippen molar-refractivity contribution >= 4 is 192 Å². The Morgan fingerprint density at radius 1 is 0.576 bits per heavy atom. The summed E-state index contributed by atoms with van der Waals surface area (Å²) in [6.45, 7) is 12.3. The summed E-state index contributed by atoms with van der Waals surface area (Å²) in [4.78, 5) is 108. The Morgan fingerprint density at radius 2 is 0.966 bits per heavy atom. The molecule has 0 unspecified atom stereocenters. The zero-order valence-corrected chi connectivity index (χ0v) is 74.6. The second-order valence-electron chi connectivity index (χ2n) is 24.5. The number of fused-ring (bicyclic) bond motifs is 2. The first-order valence-electron chi connectivity index (χ1n) is 35.3. The number of thiazole rings is 5. The van der Waals surface area contributed by atoms with E-state index in [0.29, 0.717) is 134 Å². The number of carbonyl (C=O) groups excluding carboxylic acids is 6. The molecule has 6 N–H and O–H groups in total. The van der Waals surface area contributed by atoms with Gasteiger partial charge in [0, 0.05) is 137 Å². The summed E-state index contributed by atoms with van der Waals surface area (Å²) in [5, 5.41) is 50.1. The van der Waals surface area contributed by atoms with Crippen LogP contribution in [0.5, 0.6) is 0 Å². The number of nitrogens with zero attached hydrogens (tertiary/aromatic N) is 11. The maximum Gasteiger partial charge on any atom is 0.338 e. The van der Waals surface area contributed by atoms with Gasteiger partial charge in [-0.2, -0.15) is 5.26 Å². The number of esters is 4. The van der Waals surface area contributed by atoms with Crippen LogP contribution in [0.1, 0.15) is 131 Å². The summed E-state index contributed by atoms with van der Waals surface area (Å²) in [5.41, 5.74) is 11.0. The average molecular weight is 1990 g/mol. The molecule has 14 rings (SSSR count). The third-order valence-corrected chi connectivity index (χ3v) is 23.1. The van der Waals surface area contributed by atoms with Crippen molar-refractivity contribution in [1.29, 1.82) is 10.7 Å². The largest absolute Gasteiger partial charge is 0.466 e. The zero-order valence-electron chi connectivity index (χ0n) is 63.4. The minimum atomic E-state index is -0.661. The Bertz CT molecular complexity index is 5060. The number of nitrogens with two attached hydrogens (primary N) is 1. The van der Waals surface area contributed by atoms with Crippen LogP contribution in [0.15, 0.2) is 197 Å². The summed E-state index contributed by atoms with van der Waals surface area (Å²) in [6, 6.07) is 16.9. The molecule has 0 radical (unpaired) electrons. The van der Waals surface area contributed by atoms with Gasteiger partial charge in [-0.1, -0.05) is 66.0 Å². The third-order valence-electron chi connectivity index (χ3n) is 16.6. The lowest BCUT2D eigenvalue weighted by molar-refractivity contribution is -0.145. The summed E-state index contributed by atoms with van der Waals surface area (Å²) >= 11 is 20.3. The molecule has 5 aliphatic rings. The predicted octanol–water partition coefficient (Wildman–Crippen LogP) is 16.1. The maximum absolute atomic E-state index is 13.7. The summed E-state index contributed by atoms with van der Waals surface area (Å²) < 4.78 is 75.6. The van der Waals surface area contributed by atoms with E-state index in [9.17, 15) is 56.5 Å². The molecule has 40 heteroatoms. The molecule has 622 valence electrons. The number of rotatable bonds is 19. The molecule has 0 saturated carbocycles. The molecule has 0 spiro atoms. The monoisotopic (exact) mass is 1990 g/mol. The molecule has 9 aromatic rings. The van der Waals surface area contributed by atoms with E-state index >= 15 is 0 Å². The first-order valence-corrected chi connectivity index (χ1v) is 42.9. The number of allylic oxidation sites excluding steroid dienone is 3. The molecule has 5 aliphatic heterocycles. The first kappa shape index (κ1) is 95.8. The topological polar surface area (TPSA) is 374 Å². The van der Waals surface area contributed by atoms with Gasteiger partial charge in [0.25, 0.3) is 0 Å². The molecule has 118 heavy (non-hydrogen) atoms. The number of benzene rings is 4. The number of Topliss-reactive ketones (excluding diaryl/α,β-unsaturated/α-hetero) is 1. The van der Waals surface area contributed by atoms with Gasteiger partial charge in [-0.25, -0.2) is 56.9 Å². The highest BCUT2D eigenvalue weighted by atomic mass is 79.9. The molecule has 0 aliphatic carbocycles. The van der Waals surface area contributed by atoms with Crippen LogP contribution >= 0.6 is 133 Å². The van der Waals surface area contributed by atoms with Gasteiger partial charge in [0.05, 0.1) is 43.1 Å². The molecule has 4 aromatic carbocycles. The number of aliphatic hydroxyl groups excluding tert-OH is 2. The molecule has 2 saturated heterocycles. The number of ketones is 1. The number of ether oxygens (including phenoxy) is 4. The quantitative estimate of drug-likeness (QED) is 0.00954. The molecule has 5 aromatic heterocycles. The van der Waals surface area contributed by atoms with Crippen LogP contribution in [-0.2, 0) is 42.9 Å². The number of hydrogen-bond donors (Lipinski definition) is 5. The molecular weight excluding hydrogens is 1920 g/mol. The van der Waals surface area contributed by atoms with E-state index in [4.69, 9.17) is 40.6 Å². The Hall–Kier alpha value is -9.31. The molecule has 26 nitrogen and oxygen atoms in total. The van der Waals surface area contributed by atoms with Crippen molar-refractivity contribution in [2.75, 3.05) is 52.7 Å². The lowest BCUT2D eigenvalue weighted by Crippen LogP contribution is -2.35. The normalized spacial score (nSPS) is 16.6. The first-order chi connectivity index (χ1) is 56.2. The van der Waals surface area contributed by atoms with Gasteiger partial charge in [0.15, 0.2) is 54.7 Å². The Kier molecular flexibility index (Phi) is 38.6. The number of halogens is 9. The second kappa shape index (κ2) is 47.5. The van der Waals surface area contributed by atoms with Crippen molar-refractivity contribution in [2.24, 2.45) is 32.5 Å². The van der Waals surface area contributed by atoms with E-state index in [1.54, 1.807) is 94.6 Å². The fourth-order valence-electron chi connectivity index (χ4n) is 11.6. The highest BCUT2D eigenvalue weighted by Gasteiger charge is 2.45. The van der Waals surface area contributed by atoms with Crippen LogP contribution in [0.25, 0.3) is 0 Å². The van der Waals surface area contributed by atoms with Crippen molar-refractivity contribution in [1.82, 2.24) is 40.0 Å². The summed E-state index contributed by atoms with van der Waals surface area (Å²) in [7, 11) is 0. The second-order valence-corrected chi connectivity index (χ2v) is 32.4. The molecule has 0 bridgehead atoms. The lowest BCUT2D eigenvalue weighted by Gasteiger charge is -2.32.